The van der Waals surface area contributed by atoms with E-state index in [1.165, 1.54) is 19.2 Å². The standard InChI is InChI=1S/C20H16Cl2F3N3O2/c1-30-10-5-6-14-12(9-10)11-7-8-28(18(17(11)26-14)20(23,24)25)19(29)27-15-4-2-3-13(21)16(15)22/h2-6,9,18,26H,7-8H2,1H3,(H,27,29). The zero-order chi connectivity index (χ0) is 21.6. The predicted molar refractivity (Wildman–Crippen MR) is 110 cm³/mol. The number of methoxy groups -OCH3 is 1. The highest BCUT2D eigenvalue weighted by Crippen LogP contribution is 2.44. The van der Waals surface area contributed by atoms with Crippen LogP contribution in [0, 0.1) is 0 Å². The molecule has 1 aromatic heterocycles. The molecule has 0 saturated carbocycles. The van der Waals surface area contributed by atoms with E-state index in [0.29, 0.717) is 22.2 Å². The van der Waals surface area contributed by atoms with Crippen LogP contribution in [-0.4, -0.2) is 35.7 Å². The summed E-state index contributed by atoms with van der Waals surface area (Å²) in [6.45, 7) is -0.120. The van der Waals surface area contributed by atoms with Gasteiger partial charge in [-0.15, -0.1) is 0 Å². The van der Waals surface area contributed by atoms with Crippen molar-refractivity contribution in [2.45, 2.75) is 18.6 Å². The van der Waals surface area contributed by atoms with Crippen molar-refractivity contribution < 1.29 is 22.7 Å². The van der Waals surface area contributed by atoms with Gasteiger partial charge < -0.3 is 19.9 Å². The van der Waals surface area contributed by atoms with E-state index < -0.39 is 18.2 Å². The van der Waals surface area contributed by atoms with Crippen LogP contribution < -0.4 is 10.1 Å². The summed E-state index contributed by atoms with van der Waals surface area (Å²) in [5, 5.41) is 3.34. The molecule has 2 aromatic carbocycles. The van der Waals surface area contributed by atoms with Crippen molar-refractivity contribution in [3.63, 3.8) is 0 Å². The Morgan fingerprint density at radius 1 is 1.27 bits per heavy atom. The molecule has 1 aliphatic rings. The highest BCUT2D eigenvalue weighted by molar-refractivity contribution is 6.43. The van der Waals surface area contributed by atoms with Gasteiger partial charge in [-0.1, -0.05) is 29.3 Å². The second kappa shape index (κ2) is 7.59. The minimum absolute atomic E-state index is 0.0515. The summed E-state index contributed by atoms with van der Waals surface area (Å²) in [6, 6.07) is 6.52. The highest BCUT2D eigenvalue weighted by Gasteiger charge is 2.50. The number of hydrogen-bond acceptors (Lipinski definition) is 2. The first-order valence-electron chi connectivity index (χ1n) is 8.97. The number of nitrogens with one attached hydrogen (secondary N) is 2. The number of carbonyl (C=O) groups excluding carboxylic acids is 1. The Morgan fingerprint density at radius 2 is 2.03 bits per heavy atom. The molecule has 30 heavy (non-hydrogen) atoms. The molecule has 10 heteroatoms. The van der Waals surface area contributed by atoms with Gasteiger partial charge in [-0.2, -0.15) is 13.2 Å². The average Bonchev–Trinajstić information content (AvgIpc) is 3.07. The third-order valence-corrected chi connectivity index (χ3v) is 5.92. The van der Waals surface area contributed by atoms with Gasteiger partial charge in [0.25, 0.3) is 0 Å². The molecule has 2 N–H and O–H groups in total. The Labute approximate surface area is 179 Å². The molecule has 4 rings (SSSR count). The number of hydrogen-bond donors (Lipinski definition) is 2. The maximum atomic E-state index is 14.1. The maximum Gasteiger partial charge on any atom is 0.414 e. The lowest BCUT2D eigenvalue weighted by atomic mass is 9.97. The number of urea groups is 1. The van der Waals surface area contributed by atoms with E-state index in [0.717, 1.165) is 4.90 Å². The van der Waals surface area contributed by atoms with Crippen LogP contribution in [0.5, 0.6) is 5.75 Å². The summed E-state index contributed by atoms with van der Waals surface area (Å²) in [4.78, 5) is 16.4. The summed E-state index contributed by atoms with van der Waals surface area (Å²) in [5.41, 5.74) is 1.16. The Morgan fingerprint density at radius 3 is 2.73 bits per heavy atom. The van der Waals surface area contributed by atoms with E-state index in [1.807, 2.05) is 0 Å². The number of rotatable bonds is 2. The molecular formula is C20H16Cl2F3N3O2. The molecule has 3 aromatic rings. The van der Waals surface area contributed by atoms with Gasteiger partial charge in [0.15, 0.2) is 6.04 Å². The molecule has 1 atom stereocenters. The van der Waals surface area contributed by atoms with Crippen molar-refractivity contribution in [3.8, 4) is 5.75 Å². The molecule has 0 saturated heterocycles. The van der Waals surface area contributed by atoms with Crippen LogP contribution >= 0.6 is 23.2 Å². The molecule has 0 bridgehead atoms. The smallest absolute Gasteiger partial charge is 0.414 e. The van der Waals surface area contributed by atoms with Crippen molar-refractivity contribution in [2.75, 3.05) is 19.0 Å². The minimum Gasteiger partial charge on any atom is -0.497 e. The van der Waals surface area contributed by atoms with Crippen LogP contribution in [0.3, 0.4) is 0 Å². The molecule has 0 aliphatic carbocycles. The normalized spacial score (nSPS) is 16.5. The summed E-state index contributed by atoms with van der Waals surface area (Å²) >= 11 is 12.0. The van der Waals surface area contributed by atoms with E-state index in [1.54, 1.807) is 24.3 Å². The quantitative estimate of drug-likeness (QED) is 0.482. The minimum atomic E-state index is -4.68. The molecule has 0 spiro atoms. The molecule has 2 heterocycles. The lowest BCUT2D eigenvalue weighted by Gasteiger charge is -2.36. The summed E-state index contributed by atoms with van der Waals surface area (Å²) in [5.74, 6) is 0.545. The van der Waals surface area contributed by atoms with Crippen LogP contribution in [0.2, 0.25) is 10.0 Å². The Balaban J connectivity index is 1.74. The fraction of sp³-hybridized carbons (Fsp3) is 0.250. The molecule has 0 fully saturated rings. The predicted octanol–water partition coefficient (Wildman–Crippen LogP) is 6.18. The highest BCUT2D eigenvalue weighted by atomic mass is 35.5. The van der Waals surface area contributed by atoms with Crippen molar-refractivity contribution >= 4 is 45.8 Å². The van der Waals surface area contributed by atoms with Crippen LogP contribution in [0.4, 0.5) is 23.7 Å². The Kier molecular flexibility index (Phi) is 5.23. The van der Waals surface area contributed by atoms with Crippen LogP contribution in [0.15, 0.2) is 36.4 Å². The molecule has 1 aliphatic heterocycles. The lowest BCUT2D eigenvalue weighted by molar-refractivity contribution is -0.180. The van der Waals surface area contributed by atoms with E-state index in [2.05, 4.69) is 10.3 Å². The van der Waals surface area contributed by atoms with E-state index in [-0.39, 0.29) is 34.4 Å². The molecule has 0 radical (unpaired) electrons. The van der Waals surface area contributed by atoms with Crippen molar-refractivity contribution in [3.05, 3.63) is 57.7 Å². The first kappa shape index (κ1) is 20.7. The topological polar surface area (TPSA) is 57.4 Å². The molecule has 1 unspecified atom stereocenters. The number of anilines is 1. The fourth-order valence-electron chi connectivity index (χ4n) is 3.74. The number of benzene rings is 2. The van der Waals surface area contributed by atoms with Gasteiger partial charge in [0.05, 0.1) is 28.5 Å². The number of ether oxygens (including phenoxy) is 1. The van der Waals surface area contributed by atoms with Gasteiger partial charge in [-0.05, 0) is 42.3 Å². The van der Waals surface area contributed by atoms with Crippen LogP contribution in [0.25, 0.3) is 10.9 Å². The van der Waals surface area contributed by atoms with E-state index in [9.17, 15) is 18.0 Å². The maximum absolute atomic E-state index is 14.1. The number of aromatic amines is 1. The third-order valence-electron chi connectivity index (χ3n) is 5.10. The van der Waals surface area contributed by atoms with Gasteiger partial charge in [0.1, 0.15) is 5.75 Å². The molecule has 5 nitrogen and oxygen atoms in total. The number of H-pyrrole nitrogens is 1. The summed E-state index contributed by atoms with van der Waals surface area (Å²) in [6.07, 6.45) is -4.43. The Bertz CT molecular complexity index is 1130. The largest absolute Gasteiger partial charge is 0.497 e. The molecule has 158 valence electrons. The van der Waals surface area contributed by atoms with Gasteiger partial charge >= 0.3 is 12.2 Å². The monoisotopic (exact) mass is 457 g/mol. The first-order valence-corrected chi connectivity index (χ1v) is 9.73. The number of carbonyl (C=O) groups is 1. The van der Waals surface area contributed by atoms with Gasteiger partial charge in [-0.3, -0.25) is 0 Å². The second-order valence-corrected chi connectivity index (χ2v) is 7.63. The second-order valence-electron chi connectivity index (χ2n) is 6.85. The van der Waals surface area contributed by atoms with Crippen LogP contribution in [0.1, 0.15) is 17.3 Å². The number of fused-ring (bicyclic) bond motifs is 3. The van der Waals surface area contributed by atoms with E-state index >= 15 is 0 Å². The molecule has 2 amide bonds. The summed E-state index contributed by atoms with van der Waals surface area (Å²) in [7, 11) is 1.49. The van der Waals surface area contributed by atoms with Crippen LogP contribution in [-0.2, 0) is 6.42 Å². The zero-order valence-corrected chi connectivity index (χ0v) is 17.1. The fourth-order valence-corrected chi connectivity index (χ4v) is 4.09. The van der Waals surface area contributed by atoms with Crippen molar-refractivity contribution in [1.29, 1.82) is 0 Å². The number of amides is 2. The third kappa shape index (κ3) is 3.54. The first-order chi connectivity index (χ1) is 14.2. The number of nitrogens with zero attached hydrogens (tertiary/aromatic N) is 1. The van der Waals surface area contributed by atoms with Gasteiger partial charge in [0.2, 0.25) is 0 Å². The Hall–Kier alpha value is -2.58. The SMILES string of the molecule is COc1ccc2[nH]c3c(c2c1)CCN(C(=O)Nc1cccc(Cl)c1Cl)C3C(F)(F)F. The van der Waals surface area contributed by atoms with E-state index in [4.69, 9.17) is 27.9 Å². The lowest BCUT2D eigenvalue weighted by Crippen LogP contribution is -2.48. The average molecular weight is 458 g/mol. The number of aromatic nitrogens is 1. The van der Waals surface area contributed by atoms with Gasteiger partial charge in [0, 0.05) is 17.4 Å². The van der Waals surface area contributed by atoms with Crippen molar-refractivity contribution in [2.24, 2.45) is 0 Å². The molecular weight excluding hydrogens is 442 g/mol. The number of alkyl halides is 3. The van der Waals surface area contributed by atoms with Crippen molar-refractivity contribution in [1.82, 2.24) is 9.88 Å². The summed E-state index contributed by atoms with van der Waals surface area (Å²) < 4.78 is 47.4. The van der Waals surface area contributed by atoms with Gasteiger partial charge in [-0.25, -0.2) is 4.79 Å². The zero-order valence-electron chi connectivity index (χ0n) is 15.6. The number of halogens is 5.